The van der Waals surface area contributed by atoms with Gasteiger partial charge < -0.3 is 19.7 Å². The zero-order chi connectivity index (χ0) is 23.7. The summed E-state index contributed by atoms with van der Waals surface area (Å²) in [7, 11) is 0. The lowest BCUT2D eigenvalue weighted by Crippen LogP contribution is -2.33. The highest BCUT2D eigenvalue weighted by molar-refractivity contribution is 7.99. The third-order valence-electron chi connectivity index (χ3n) is 7.04. The summed E-state index contributed by atoms with van der Waals surface area (Å²) < 4.78 is 12.5. The third-order valence-corrected chi connectivity index (χ3v) is 8.38. The minimum atomic E-state index is -0.246. The molecule has 0 saturated carbocycles. The van der Waals surface area contributed by atoms with Gasteiger partial charge in [0.05, 0.1) is 10.1 Å². The van der Waals surface area contributed by atoms with Crippen molar-refractivity contribution in [2.75, 3.05) is 19.7 Å². The smallest absolute Gasteiger partial charge is 0.140 e. The van der Waals surface area contributed by atoms with Gasteiger partial charge in [-0.05, 0) is 79.4 Å². The van der Waals surface area contributed by atoms with Crippen molar-refractivity contribution < 1.29 is 19.7 Å². The number of likely N-dealkylation sites (tertiary alicyclic amines) is 1. The maximum atomic E-state index is 10.1. The maximum Gasteiger partial charge on any atom is 0.140 e. The van der Waals surface area contributed by atoms with Crippen LogP contribution in [0.3, 0.4) is 0 Å². The molecule has 0 aliphatic carbocycles. The van der Waals surface area contributed by atoms with Crippen LogP contribution in [0.2, 0.25) is 0 Å². The van der Waals surface area contributed by atoms with Crippen molar-refractivity contribution in [2.24, 2.45) is 5.92 Å². The zero-order valence-electron chi connectivity index (χ0n) is 19.6. The second kappa shape index (κ2) is 9.80. The first-order valence-electron chi connectivity index (χ1n) is 11.9. The molecule has 34 heavy (non-hydrogen) atoms. The standard InChI is InChI=1S/C28H31NO4S/c1-18-12-13-29(19(18)2)14-15-32-24-9-6-20(7-10-24)27-28(21-4-3-5-22(30)16-21)34-26-17-23(31)8-11-25(26)33-27/h3-11,16-19,27-28,30-31H,12-15H2,1-2H3/t18-,19+,27-,28+/m0/s1. The predicted octanol–water partition coefficient (Wildman–Crippen LogP) is 6.17. The van der Waals surface area contributed by atoms with E-state index in [1.165, 1.54) is 6.42 Å². The monoisotopic (exact) mass is 477 g/mol. The van der Waals surface area contributed by atoms with Crippen LogP contribution in [0.4, 0.5) is 0 Å². The number of hydrogen-bond acceptors (Lipinski definition) is 6. The first-order valence-corrected chi connectivity index (χ1v) is 12.8. The summed E-state index contributed by atoms with van der Waals surface area (Å²) in [6.45, 7) is 7.39. The third kappa shape index (κ3) is 4.84. The van der Waals surface area contributed by atoms with Crippen LogP contribution in [-0.2, 0) is 0 Å². The Labute approximate surface area is 205 Å². The van der Waals surface area contributed by atoms with Gasteiger partial charge in [0.1, 0.15) is 35.7 Å². The van der Waals surface area contributed by atoms with Gasteiger partial charge in [-0.15, -0.1) is 11.8 Å². The number of thioether (sulfide) groups is 1. The Balaban J connectivity index is 1.32. The molecule has 4 atom stereocenters. The molecule has 0 bridgehead atoms. The van der Waals surface area contributed by atoms with E-state index >= 15 is 0 Å². The van der Waals surface area contributed by atoms with Crippen molar-refractivity contribution in [2.45, 2.75) is 42.6 Å². The van der Waals surface area contributed by atoms with Gasteiger partial charge in [-0.1, -0.05) is 31.2 Å². The van der Waals surface area contributed by atoms with Crippen LogP contribution in [0, 0.1) is 5.92 Å². The first kappa shape index (κ1) is 22.9. The molecule has 2 N–H and O–H groups in total. The first-order chi connectivity index (χ1) is 16.5. The average molecular weight is 478 g/mol. The van der Waals surface area contributed by atoms with Crippen molar-refractivity contribution in [1.29, 1.82) is 0 Å². The number of fused-ring (bicyclic) bond motifs is 1. The molecule has 0 amide bonds. The predicted molar refractivity (Wildman–Crippen MR) is 135 cm³/mol. The number of nitrogens with zero attached hydrogens (tertiary/aromatic N) is 1. The van der Waals surface area contributed by atoms with Crippen LogP contribution in [0.5, 0.6) is 23.0 Å². The fourth-order valence-corrected chi connectivity index (χ4v) is 6.11. The molecular weight excluding hydrogens is 446 g/mol. The van der Waals surface area contributed by atoms with E-state index in [1.807, 2.05) is 24.3 Å². The van der Waals surface area contributed by atoms with E-state index in [0.717, 1.165) is 46.5 Å². The normalized spacial score (nSPS) is 24.4. The van der Waals surface area contributed by atoms with Crippen LogP contribution in [0.25, 0.3) is 0 Å². The summed E-state index contributed by atoms with van der Waals surface area (Å²) in [5, 5.41) is 19.9. The molecule has 0 aromatic heterocycles. The van der Waals surface area contributed by atoms with E-state index in [-0.39, 0.29) is 22.9 Å². The molecule has 2 aliphatic heterocycles. The molecule has 178 valence electrons. The molecule has 2 heterocycles. The SMILES string of the molecule is C[C@@H]1[C@@H](C)CCN1CCOc1ccc([C@@H]2Oc3ccc(O)cc3S[C@@H]2c2cccc(O)c2)cc1. The van der Waals surface area contributed by atoms with Gasteiger partial charge in [0.25, 0.3) is 0 Å². The Morgan fingerprint density at radius 2 is 1.76 bits per heavy atom. The zero-order valence-corrected chi connectivity index (χ0v) is 20.4. The van der Waals surface area contributed by atoms with Crippen molar-refractivity contribution in [1.82, 2.24) is 4.90 Å². The Bertz CT molecular complexity index is 1140. The average Bonchev–Trinajstić information content (AvgIpc) is 3.16. The number of rotatable bonds is 6. The number of aromatic hydroxyl groups is 2. The van der Waals surface area contributed by atoms with E-state index < -0.39 is 0 Å². The molecule has 0 spiro atoms. The van der Waals surface area contributed by atoms with Crippen LogP contribution >= 0.6 is 11.8 Å². The highest BCUT2D eigenvalue weighted by Crippen LogP contribution is 2.54. The molecule has 1 saturated heterocycles. The van der Waals surface area contributed by atoms with Crippen LogP contribution in [0.1, 0.15) is 42.7 Å². The Hall–Kier alpha value is -2.83. The lowest BCUT2D eigenvalue weighted by molar-refractivity contribution is 0.189. The van der Waals surface area contributed by atoms with E-state index in [2.05, 4.69) is 30.9 Å². The van der Waals surface area contributed by atoms with Crippen LogP contribution < -0.4 is 9.47 Å². The molecule has 3 aromatic rings. The molecular formula is C28H31NO4S. The van der Waals surface area contributed by atoms with Crippen molar-refractivity contribution in [3.8, 4) is 23.0 Å². The number of phenols is 2. The minimum Gasteiger partial charge on any atom is -0.508 e. The highest BCUT2D eigenvalue weighted by atomic mass is 32.2. The largest absolute Gasteiger partial charge is 0.508 e. The van der Waals surface area contributed by atoms with Gasteiger partial charge in [-0.2, -0.15) is 0 Å². The highest BCUT2D eigenvalue weighted by Gasteiger charge is 2.34. The van der Waals surface area contributed by atoms with Crippen LogP contribution in [0.15, 0.2) is 71.6 Å². The van der Waals surface area contributed by atoms with Gasteiger partial charge in [0.2, 0.25) is 0 Å². The Morgan fingerprint density at radius 1 is 0.971 bits per heavy atom. The van der Waals surface area contributed by atoms with Crippen LogP contribution in [-0.4, -0.2) is 40.9 Å². The summed E-state index contributed by atoms with van der Waals surface area (Å²) in [5.74, 6) is 2.79. The lowest BCUT2D eigenvalue weighted by atomic mass is 10.00. The number of phenolic OH excluding ortho intramolecular Hbond substituents is 2. The molecule has 0 unspecified atom stereocenters. The van der Waals surface area contributed by atoms with Crippen molar-refractivity contribution in [3.63, 3.8) is 0 Å². The summed E-state index contributed by atoms with van der Waals surface area (Å²) in [6.07, 6.45) is 1.02. The number of ether oxygens (including phenoxy) is 2. The maximum absolute atomic E-state index is 10.1. The lowest BCUT2D eigenvalue weighted by Gasteiger charge is -2.34. The van der Waals surface area contributed by atoms with Crippen molar-refractivity contribution in [3.05, 3.63) is 77.9 Å². The molecule has 2 aliphatic rings. The fourth-order valence-electron chi connectivity index (χ4n) is 4.79. The molecule has 6 heteroatoms. The molecule has 1 fully saturated rings. The molecule has 0 radical (unpaired) electrons. The van der Waals surface area contributed by atoms with Crippen molar-refractivity contribution >= 4 is 11.8 Å². The Kier molecular flexibility index (Phi) is 6.61. The number of benzene rings is 3. The molecule has 5 rings (SSSR count). The molecule has 5 nitrogen and oxygen atoms in total. The second-order valence-electron chi connectivity index (χ2n) is 9.26. The summed E-state index contributed by atoms with van der Waals surface area (Å²) in [5.41, 5.74) is 2.01. The summed E-state index contributed by atoms with van der Waals surface area (Å²) in [6, 6.07) is 21.2. The summed E-state index contributed by atoms with van der Waals surface area (Å²) in [4.78, 5) is 3.39. The topological polar surface area (TPSA) is 62.2 Å². The van der Waals surface area contributed by atoms with E-state index in [9.17, 15) is 10.2 Å². The van der Waals surface area contributed by atoms with Gasteiger partial charge >= 0.3 is 0 Å². The van der Waals surface area contributed by atoms with Gasteiger partial charge in [-0.25, -0.2) is 0 Å². The number of hydrogen-bond donors (Lipinski definition) is 2. The fraction of sp³-hybridized carbons (Fsp3) is 0.357. The summed E-state index contributed by atoms with van der Waals surface area (Å²) >= 11 is 1.64. The van der Waals surface area contributed by atoms with E-state index in [4.69, 9.17) is 9.47 Å². The van der Waals surface area contributed by atoms with Gasteiger partial charge in [0, 0.05) is 12.6 Å². The minimum absolute atomic E-state index is 0.0770. The van der Waals surface area contributed by atoms with Gasteiger partial charge in [0.15, 0.2) is 0 Å². The van der Waals surface area contributed by atoms with Gasteiger partial charge in [-0.3, -0.25) is 4.90 Å². The Morgan fingerprint density at radius 3 is 2.50 bits per heavy atom. The van der Waals surface area contributed by atoms with E-state index in [0.29, 0.717) is 12.6 Å². The molecule has 3 aromatic carbocycles. The second-order valence-corrected chi connectivity index (χ2v) is 10.4. The quantitative estimate of drug-likeness (QED) is 0.442. The van der Waals surface area contributed by atoms with E-state index in [1.54, 1.807) is 42.1 Å².